The Hall–Kier alpha value is -2.33. The minimum absolute atomic E-state index is 0.0619. The van der Waals surface area contributed by atoms with E-state index in [1.54, 1.807) is 0 Å². The molecule has 120 valence electrons. The van der Waals surface area contributed by atoms with Crippen LogP contribution < -0.4 is 15.8 Å². The second kappa shape index (κ2) is 7.29. The number of nitrogens with two attached hydrogens (primary N) is 1. The Balaban J connectivity index is 1.68. The smallest absolute Gasteiger partial charge is 0.231 e. The van der Waals surface area contributed by atoms with E-state index in [0.717, 1.165) is 30.7 Å². The Kier molecular flexibility index (Phi) is 4.93. The maximum Gasteiger partial charge on any atom is 0.231 e. The molecule has 1 aliphatic rings. The highest BCUT2D eigenvalue weighted by Gasteiger charge is 2.26. The van der Waals surface area contributed by atoms with Gasteiger partial charge in [-0.25, -0.2) is 0 Å². The van der Waals surface area contributed by atoms with Crippen molar-refractivity contribution in [1.82, 2.24) is 0 Å². The van der Waals surface area contributed by atoms with Gasteiger partial charge in [-0.2, -0.15) is 0 Å². The molecule has 0 bridgehead atoms. The fourth-order valence-electron chi connectivity index (χ4n) is 3.07. The van der Waals surface area contributed by atoms with Gasteiger partial charge in [-0.15, -0.1) is 0 Å². The van der Waals surface area contributed by atoms with Crippen molar-refractivity contribution in [2.24, 2.45) is 5.73 Å². The zero-order chi connectivity index (χ0) is 16.1. The lowest BCUT2D eigenvalue weighted by atomic mass is 9.82. The third kappa shape index (κ3) is 3.71. The van der Waals surface area contributed by atoms with E-state index in [0.29, 0.717) is 13.2 Å². The lowest BCUT2D eigenvalue weighted by Gasteiger charge is -2.24. The Bertz CT molecular complexity index is 667. The predicted octanol–water partition coefficient (Wildman–Crippen LogP) is 3.08. The molecular weight excluding hydrogens is 288 g/mol. The summed E-state index contributed by atoms with van der Waals surface area (Å²) in [4.78, 5) is 12.6. The van der Waals surface area contributed by atoms with Gasteiger partial charge < -0.3 is 15.8 Å². The van der Waals surface area contributed by atoms with E-state index in [4.69, 9.17) is 10.5 Å². The van der Waals surface area contributed by atoms with Gasteiger partial charge in [0.25, 0.3) is 0 Å². The van der Waals surface area contributed by atoms with Gasteiger partial charge in [0.15, 0.2) is 0 Å². The van der Waals surface area contributed by atoms with Crippen LogP contribution in [0.1, 0.15) is 29.9 Å². The number of fused-ring (bicyclic) bond motifs is 1. The van der Waals surface area contributed by atoms with Crippen molar-refractivity contribution in [2.45, 2.75) is 25.2 Å². The van der Waals surface area contributed by atoms with Gasteiger partial charge in [0.2, 0.25) is 5.91 Å². The number of amides is 1. The molecule has 4 heteroatoms. The van der Waals surface area contributed by atoms with Crippen LogP contribution in [0.5, 0.6) is 5.75 Å². The standard InChI is InChI=1S/C19H22N2O2/c20-12-13-23-16-10-8-15(9-11-16)21-19(22)18-7-3-5-14-4-1-2-6-17(14)18/h1-2,4,6,8-11,18H,3,5,7,12-13,20H2,(H,21,22). The number of carbonyl (C=O) groups excluding carboxylic acids is 1. The molecule has 2 aromatic rings. The first kappa shape index (κ1) is 15.6. The number of carbonyl (C=O) groups is 1. The first-order valence-corrected chi connectivity index (χ1v) is 8.09. The minimum atomic E-state index is -0.0619. The van der Waals surface area contributed by atoms with Crippen molar-refractivity contribution in [2.75, 3.05) is 18.5 Å². The summed E-state index contributed by atoms with van der Waals surface area (Å²) in [6.07, 6.45) is 3.02. The number of aryl methyl sites for hydroxylation is 1. The molecule has 0 saturated heterocycles. The predicted molar refractivity (Wildman–Crippen MR) is 91.7 cm³/mol. The number of hydrogen-bond donors (Lipinski definition) is 2. The molecule has 0 spiro atoms. The molecule has 3 rings (SSSR count). The highest BCUT2D eigenvalue weighted by Crippen LogP contribution is 2.32. The molecule has 0 radical (unpaired) electrons. The molecule has 0 fully saturated rings. The summed E-state index contributed by atoms with van der Waals surface area (Å²) in [5, 5.41) is 3.02. The van der Waals surface area contributed by atoms with Crippen molar-refractivity contribution in [3.05, 3.63) is 59.7 Å². The normalized spacial score (nSPS) is 16.5. The maximum atomic E-state index is 12.6. The summed E-state index contributed by atoms with van der Waals surface area (Å²) in [5.41, 5.74) is 8.66. The van der Waals surface area contributed by atoms with Gasteiger partial charge in [0, 0.05) is 12.2 Å². The molecule has 3 N–H and O–H groups in total. The fraction of sp³-hybridized carbons (Fsp3) is 0.316. The van der Waals surface area contributed by atoms with E-state index < -0.39 is 0 Å². The van der Waals surface area contributed by atoms with Crippen LogP contribution in [0.4, 0.5) is 5.69 Å². The molecule has 1 unspecified atom stereocenters. The van der Waals surface area contributed by atoms with Crippen molar-refractivity contribution < 1.29 is 9.53 Å². The Morgan fingerprint density at radius 1 is 1.17 bits per heavy atom. The number of hydrogen-bond acceptors (Lipinski definition) is 3. The van der Waals surface area contributed by atoms with E-state index in [1.165, 1.54) is 11.1 Å². The summed E-state index contributed by atoms with van der Waals surface area (Å²) < 4.78 is 5.44. The third-order valence-corrected chi connectivity index (χ3v) is 4.19. The van der Waals surface area contributed by atoms with Crippen molar-refractivity contribution >= 4 is 11.6 Å². The van der Waals surface area contributed by atoms with E-state index in [9.17, 15) is 4.79 Å². The van der Waals surface area contributed by atoms with Crippen LogP contribution in [0.2, 0.25) is 0 Å². The summed E-state index contributed by atoms with van der Waals surface area (Å²) in [6.45, 7) is 0.976. The monoisotopic (exact) mass is 310 g/mol. The Morgan fingerprint density at radius 2 is 1.96 bits per heavy atom. The van der Waals surface area contributed by atoms with Crippen LogP contribution in [0.15, 0.2) is 48.5 Å². The molecule has 23 heavy (non-hydrogen) atoms. The highest BCUT2D eigenvalue weighted by atomic mass is 16.5. The molecule has 1 aliphatic carbocycles. The quantitative estimate of drug-likeness (QED) is 0.892. The van der Waals surface area contributed by atoms with E-state index >= 15 is 0 Å². The molecule has 4 nitrogen and oxygen atoms in total. The molecule has 1 amide bonds. The maximum absolute atomic E-state index is 12.6. The lowest BCUT2D eigenvalue weighted by molar-refractivity contribution is -0.117. The summed E-state index contributed by atoms with van der Waals surface area (Å²) in [6, 6.07) is 15.7. The first-order chi connectivity index (χ1) is 11.3. The van der Waals surface area contributed by atoms with Gasteiger partial charge in [0.1, 0.15) is 12.4 Å². The first-order valence-electron chi connectivity index (χ1n) is 8.09. The lowest BCUT2D eigenvalue weighted by Crippen LogP contribution is -2.24. The van der Waals surface area contributed by atoms with Crippen molar-refractivity contribution in [3.63, 3.8) is 0 Å². The van der Waals surface area contributed by atoms with Crippen LogP contribution in [-0.4, -0.2) is 19.1 Å². The second-order valence-corrected chi connectivity index (χ2v) is 5.79. The van der Waals surface area contributed by atoms with Crippen LogP contribution in [0.3, 0.4) is 0 Å². The number of benzene rings is 2. The van der Waals surface area contributed by atoms with Crippen molar-refractivity contribution in [1.29, 1.82) is 0 Å². The number of anilines is 1. The summed E-state index contributed by atoms with van der Waals surface area (Å²) in [5.74, 6) is 0.761. The van der Waals surface area contributed by atoms with Crippen LogP contribution in [0, 0.1) is 0 Å². The van der Waals surface area contributed by atoms with E-state index in [1.807, 2.05) is 36.4 Å². The van der Waals surface area contributed by atoms with Gasteiger partial charge in [0.05, 0.1) is 5.92 Å². The average Bonchev–Trinajstić information content (AvgIpc) is 2.60. The largest absolute Gasteiger partial charge is 0.492 e. The Morgan fingerprint density at radius 3 is 2.74 bits per heavy atom. The van der Waals surface area contributed by atoms with Crippen LogP contribution in [-0.2, 0) is 11.2 Å². The fourth-order valence-corrected chi connectivity index (χ4v) is 3.07. The van der Waals surface area contributed by atoms with E-state index in [-0.39, 0.29) is 11.8 Å². The van der Waals surface area contributed by atoms with Crippen molar-refractivity contribution in [3.8, 4) is 5.75 Å². The average molecular weight is 310 g/mol. The molecular formula is C19H22N2O2. The van der Waals surface area contributed by atoms with Crippen LogP contribution >= 0.6 is 0 Å². The summed E-state index contributed by atoms with van der Waals surface area (Å²) >= 11 is 0. The molecule has 0 aromatic heterocycles. The zero-order valence-electron chi connectivity index (χ0n) is 13.1. The number of rotatable bonds is 5. The molecule has 2 aromatic carbocycles. The minimum Gasteiger partial charge on any atom is -0.492 e. The van der Waals surface area contributed by atoms with Gasteiger partial charge >= 0.3 is 0 Å². The summed E-state index contributed by atoms with van der Waals surface area (Å²) in [7, 11) is 0. The van der Waals surface area contributed by atoms with E-state index in [2.05, 4.69) is 17.4 Å². The van der Waals surface area contributed by atoms with Gasteiger partial charge in [-0.3, -0.25) is 4.79 Å². The zero-order valence-corrected chi connectivity index (χ0v) is 13.1. The Labute approximate surface area is 136 Å². The third-order valence-electron chi connectivity index (χ3n) is 4.19. The topological polar surface area (TPSA) is 64.3 Å². The van der Waals surface area contributed by atoms with Crippen LogP contribution in [0.25, 0.3) is 0 Å². The number of nitrogens with one attached hydrogen (secondary N) is 1. The number of ether oxygens (including phenoxy) is 1. The molecule has 0 saturated carbocycles. The van der Waals surface area contributed by atoms with Gasteiger partial charge in [-0.1, -0.05) is 24.3 Å². The highest BCUT2D eigenvalue weighted by molar-refractivity contribution is 5.96. The second-order valence-electron chi connectivity index (χ2n) is 5.79. The SMILES string of the molecule is NCCOc1ccc(NC(=O)C2CCCc3ccccc32)cc1. The molecule has 1 atom stereocenters. The molecule has 0 heterocycles. The van der Waals surface area contributed by atoms with Gasteiger partial charge in [-0.05, 0) is 54.7 Å². The molecule has 0 aliphatic heterocycles.